The van der Waals surface area contributed by atoms with Crippen LogP contribution in [0, 0.1) is 80.8 Å². The van der Waals surface area contributed by atoms with Crippen LogP contribution in [0.2, 0.25) is 0 Å². The van der Waals surface area contributed by atoms with Crippen LogP contribution in [0.25, 0.3) is 0 Å². The van der Waals surface area contributed by atoms with Gasteiger partial charge in [0, 0.05) is 48.3 Å². The normalized spacial score (nSPS) is 58.1. The molecule has 13 rings (SSSR count). The number of Topliss-reactive ketones (excluding diaryl/α,β-unsaturated/α-hetero) is 1. The highest BCUT2D eigenvalue weighted by molar-refractivity contribution is 5.90. The number of aromatic nitrogens is 2. The van der Waals surface area contributed by atoms with Crippen molar-refractivity contribution in [1.29, 1.82) is 0 Å². The minimum Gasteiger partial charge on any atom is -0.393 e. The van der Waals surface area contributed by atoms with Crippen LogP contribution in [-0.4, -0.2) is 84.4 Å². The third-order valence-electron chi connectivity index (χ3n) is 23.4. The number of ketones is 1. The molecule has 4 aliphatic heterocycles. The van der Waals surface area contributed by atoms with Gasteiger partial charge in [-0.2, -0.15) is 0 Å². The van der Waals surface area contributed by atoms with Crippen molar-refractivity contribution in [2.75, 3.05) is 6.61 Å². The summed E-state index contributed by atoms with van der Waals surface area (Å²) in [5.41, 5.74) is 2.94. The molecule has 0 unspecified atom stereocenters. The maximum atomic E-state index is 14.8. The lowest BCUT2D eigenvalue weighted by Gasteiger charge is -2.60. The first kappa shape index (κ1) is 42.3. The second-order valence-electron chi connectivity index (χ2n) is 26.4. The highest BCUT2D eigenvalue weighted by atomic mass is 16.7. The van der Waals surface area contributed by atoms with Crippen molar-refractivity contribution < 1.29 is 39.1 Å². The SMILES string of the molecule is C[C@H]1[C@H]2[C@@H](C=C3[C@@H]4CC[C@H]5Cc6nc7c(nc6C[C@]5(C)[C@H]4C[C@@H](O)[C@@]32C)C[C@@H]2CC[C@@H]3[C@H](CC(=O)[C@]34C[C@@H]3O[C@@]5(CCC(C)(C)O5)[C@@H](C)[C@@H]3[C@]4(C)O)[C@@]2(C)C7)O[C@@]12CC[C@@](C)(CO)O2. The summed E-state index contributed by atoms with van der Waals surface area (Å²) < 4.78 is 27.1. The van der Waals surface area contributed by atoms with Gasteiger partial charge in [-0.05, 0) is 151 Å². The highest BCUT2D eigenvalue weighted by Crippen LogP contribution is 2.74. The molecule has 5 saturated carbocycles. The molecule has 8 aliphatic carbocycles. The standard InChI is InChI=1S/C54H76N2O8/c1-27-44-40(61-54(27)17-15-47(5,26-57)64-54)20-34-31-12-10-29-18-36-38(23-48(29,6)33(31)21-42(58)50(34,44)8)55-37-19-30-11-13-32-35(49(30,7)24-39(37)56-36)22-43(59)52(32)25-41-45(51(52,9)60)28(2)53(62-41)16-14-46(3,4)63-53/h20,27-33,35,40-42,44-45,57-58,60H,10-19,21-26H2,1-9H3/t27-,28-,29-,30-,31+,32+,33-,35-,40+,41-,42+,44-,45-,47-,48-,49-,50+,51-,52-,53+,54+/m0/s1. The number of nitrogens with zero attached hydrogens (tertiary/aromatic N) is 2. The Hall–Kier alpha value is -1.79. The largest absolute Gasteiger partial charge is 0.393 e. The van der Waals surface area contributed by atoms with Gasteiger partial charge in [-0.1, -0.05) is 46.3 Å². The first-order valence-corrected chi connectivity index (χ1v) is 26.0. The molecule has 3 spiro atoms. The molecule has 21 atom stereocenters. The molecule has 10 nitrogen and oxygen atoms in total. The Labute approximate surface area is 380 Å². The Morgan fingerprint density at radius 3 is 1.97 bits per heavy atom. The number of fused-ring (bicyclic) bond motifs is 14. The molecule has 0 aromatic carbocycles. The lowest BCUT2D eigenvalue weighted by Crippen LogP contribution is -2.58. The van der Waals surface area contributed by atoms with E-state index >= 15 is 0 Å². The van der Waals surface area contributed by atoms with Crippen molar-refractivity contribution in [1.82, 2.24) is 9.97 Å². The second kappa shape index (κ2) is 12.7. The monoisotopic (exact) mass is 881 g/mol. The number of hydrogen-bond acceptors (Lipinski definition) is 10. The molecule has 0 radical (unpaired) electrons. The van der Waals surface area contributed by atoms with Crippen molar-refractivity contribution in [2.24, 2.45) is 80.8 Å². The van der Waals surface area contributed by atoms with Crippen LogP contribution in [0.3, 0.4) is 0 Å². The predicted molar refractivity (Wildman–Crippen MR) is 237 cm³/mol. The van der Waals surface area contributed by atoms with Crippen LogP contribution in [0.15, 0.2) is 11.6 Å². The second-order valence-corrected chi connectivity index (χ2v) is 26.4. The van der Waals surface area contributed by atoms with Gasteiger partial charge >= 0.3 is 0 Å². The molecular formula is C54H76N2O8. The fourth-order valence-corrected chi connectivity index (χ4v) is 20.0. The lowest BCUT2D eigenvalue weighted by atomic mass is 9.45. The van der Waals surface area contributed by atoms with E-state index in [4.69, 9.17) is 28.9 Å². The maximum absolute atomic E-state index is 14.8. The van der Waals surface area contributed by atoms with Crippen molar-refractivity contribution >= 4 is 5.78 Å². The van der Waals surface area contributed by atoms with Gasteiger partial charge in [-0.3, -0.25) is 14.8 Å². The number of carbonyl (C=O) groups is 1. The molecule has 1 aromatic rings. The average molecular weight is 881 g/mol. The summed E-state index contributed by atoms with van der Waals surface area (Å²) in [6.45, 7) is 20.0. The van der Waals surface area contributed by atoms with Crippen LogP contribution in [0.4, 0.5) is 0 Å². The fraction of sp³-hybridized carbons (Fsp3) is 0.870. The van der Waals surface area contributed by atoms with E-state index in [-0.39, 0.29) is 82.0 Å². The predicted octanol–water partition coefficient (Wildman–Crippen LogP) is 7.64. The van der Waals surface area contributed by atoms with Crippen LogP contribution in [0.5, 0.6) is 0 Å². The summed E-state index contributed by atoms with van der Waals surface area (Å²) in [6.07, 6.45) is 14.9. The molecule has 5 heterocycles. The quantitative estimate of drug-likeness (QED) is 0.241. The average Bonchev–Trinajstić information content (AvgIpc) is 4.06. The molecule has 4 saturated heterocycles. The van der Waals surface area contributed by atoms with E-state index in [1.807, 2.05) is 13.8 Å². The zero-order chi connectivity index (χ0) is 44.7. The molecule has 64 heavy (non-hydrogen) atoms. The molecular weight excluding hydrogens is 805 g/mol. The van der Waals surface area contributed by atoms with Gasteiger partial charge in [0.2, 0.25) is 0 Å². The van der Waals surface area contributed by atoms with Crippen LogP contribution in [0.1, 0.15) is 156 Å². The Bertz CT molecular complexity index is 2260. The Morgan fingerprint density at radius 1 is 0.719 bits per heavy atom. The molecule has 1 aromatic heterocycles. The molecule has 0 bridgehead atoms. The van der Waals surface area contributed by atoms with E-state index in [2.05, 4.69) is 54.5 Å². The molecule has 350 valence electrons. The van der Waals surface area contributed by atoms with E-state index in [9.17, 15) is 20.1 Å². The topological polar surface area (TPSA) is 140 Å². The third-order valence-corrected chi connectivity index (χ3v) is 23.4. The first-order chi connectivity index (χ1) is 30.1. The van der Waals surface area contributed by atoms with E-state index in [0.717, 1.165) is 89.2 Å². The van der Waals surface area contributed by atoms with Crippen LogP contribution in [-0.2, 0) is 49.4 Å². The summed E-state index contributed by atoms with van der Waals surface area (Å²) >= 11 is 0. The molecule has 12 aliphatic rings. The Kier molecular flexibility index (Phi) is 8.40. The maximum Gasteiger partial charge on any atom is 0.172 e. The smallest absolute Gasteiger partial charge is 0.172 e. The van der Waals surface area contributed by atoms with E-state index < -0.39 is 34.3 Å². The Balaban J connectivity index is 0.761. The minimum atomic E-state index is -1.16. The van der Waals surface area contributed by atoms with Crippen molar-refractivity contribution in [2.45, 2.75) is 205 Å². The summed E-state index contributed by atoms with van der Waals surface area (Å²) in [4.78, 5) is 26.0. The van der Waals surface area contributed by atoms with E-state index in [0.29, 0.717) is 36.5 Å². The summed E-state index contributed by atoms with van der Waals surface area (Å²) in [5, 5.41) is 35.5. The van der Waals surface area contributed by atoms with E-state index in [1.165, 1.54) is 22.7 Å². The van der Waals surface area contributed by atoms with E-state index in [1.54, 1.807) is 0 Å². The summed E-state index contributed by atoms with van der Waals surface area (Å²) in [6, 6.07) is 0. The number of hydrogen-bond donors (Lipinski definition) is 3. The molecule has 3 N–H and O–H groups in total. The number of ether oxygens (including phenoxy) is 4. The molecule has 9 fully saturated rings. The number of aliphatic hydroxyl groups is 3. The van der Waals surface area contributed by atoms with Gasteiger partial charge in [0.1, 0.15) is 5.78 Å². The van der Waals surface area contributed by atoms with Gasteiger partial charge < -0.3 is 34.3 Å². The zero-order valence-electron chi connectivity index (χ0n) is 40.2. The first-order valence-electron chi connectivity index (χ1n) is 26.0. The number of carbonyl (C=O) groups excluding carboxylic acids is 1. The lowest BCUT2D eigenvalue weighted by molar-refractivity contribution is -0.257. The third kappa shape index (κ3) is 4.92. The van der Waals surface area contributed by atoms with Crippen molar-refractivity contribution in [3.8, 4) is 0 Å². The van der Waals surface area contributed by atoms with Gasteiger partial charge in [-0.15, -0.1) is 0 Å². The van der Waals surface area contributed by atoms with Crippen LogP contribution >= 0.6 is 0 Å². The zero-order valence-corrected chi connectivity index (χ0v) is 40.2. The molecule has 0 amide bonds. The van der Waals surface area contributed by atoms with Gasteiger partial charge in [-0.25, -0.2) is 0 Å². The van der Waals surface area contributed by atoms with Crippen LogP contribution < -0.4 is 0 Å². The summed E-state index contributed by atoms with van der Waals surface area (Å²) in [5.74, 6) is 1.08. The van der Waals surface area contributed by atoms with Gasteiger partial charge in [0.15, 0.2) is 11.6 Å². The fourth-order valence-electron chi connectivity index (χ4n) is 20.0. The minimum absolute atomic E-state index is 0.0113. The number of aliphatic hydroxyl groups excluding tert-OH is 2. The van der Waals surface area contributed by atoms with Gasteiger partial charge in [0.25, 0.3) is 0 Å². The van der Waals surface area contributed by atoms with Crippen molar-refractivity contribution in [3.05, 3.63) is 34.4 Å². The highest BCUT2D eigenvalue weighted by Gasteiger charge is 2.79. The number of rotatable bonds is 1. The Morgan fingerprint density at radius 2 is 1.34 bits per heavy atom. The summed E-state index contributed by atoms with van der Waals surface area (Å²) in [7, 11) is 0. The van der Waals surface area contributed by atoms with Crippen molar-refractivity contribution in [3.63, 3.8) is 0 Å². The van der Waals surface area contributed by atoms with Gasteiger partial charge in [0.05, 0.1) is 69.9 Å². The molecule has 10 heteroatoms.